The van der Waals surface area contributed by atoms with Crippen LogP contribution in [-0.2, 0) is 6.42 Å². The van der Waals surface area contributed by atoms with Crippen LogP contribution in [0.25, 0.3) is 10.4 Å². The lowest BCUT2D eigenvalue weighted by Crippen LogP contribution is -1.88. The van der Waals surface area contributed by atoms with Gasteiger partial charge in [-0.15, -0.1) is 11.3 Å². The monoisotopic (exact) mass is 233 g/mol. The summed E-state index contributed by atoms with van der Waals surface area (Å²) in [7, 11) is 0. The molecule has 0 aliphatic rings. The van der Waals surface area contributed by atoms with E-state index in [1.54, 1.807) is 11.3 Å². The lowest BCUT2D eigenvalue weighted by atomic mass is 10.0. The van der Waals surface area contributed by atoms with Gasteiger partial charge in [0.1, 0.15) is 0 Å². The topological polar surface area (TPSA) is 23.8 Å². The predicted octanol–water partition coefficient (Wildman–Crippen LogP) is 4.13. The fraction of sp³-hybridized carbons (Fsp3) is 0.0833. The van der Waals surface area contributed by atoms with Gasteiger partial charge in [0.2, 0.25) is 0 Å². The van der Waals surface area contributed by atoms with Crippen LogP contribution in [0.4, 0.5) is 0 Å². The van der Waals surface area contributed by atoms with Gasteiger partial charge in [0.15, 0.2) is 0 Å². The lowest BCUT2D eigenvalue weighted by Gasteiger charge is -2.06. The van der Waals surface area contributed by atoms with Crippen molar-refractivity contribution in [2.75, 3.05) is 0 Å². The normalized spacial score (nSPS) is 9.87. The van der Waals surface area contributed by atoms with Crippen LogP contribution in [0.1, 0.15) is 5.56 Å². The molecule has 1 nitrogen and oxygen atoms in total. The van der Waals surface area contributed by atoms with Crippen molar-refractivity contribution >= 4 is 22.9 Å². The average molecular weight is 234 g/mol. The van der Waals surface area contributed by atoms with E-state index in [2.05, 4.69) is 6.07 Å². The molecule has 0 aliphatic heterocycles. The van der Waals surface area contributed by atoms with Crippen LogP contribution in [0.15, 0.2) is 35.7 Å². The molecule has 1 aromatic heterocycles. The Morgan fingerprint density at radius 3 is 2.80 bits per heavy atom. The lowest BCUT2D eigenvalue weighted by molar-refractivity contribution is 1.27. The molecule has 0 saturated carbocycles. The second-order valence-electron chi connectivity index (χ2n) is 3.08. The minimum atomic E-state index is 0.354. The van der Waals surface area contributed by atoms with Gasteiger partial charge >= 0.3 is 0 Å². The van der Waals surface area contributed by atoms with E-state index in [0.29, 0.717) is 11.4 Å². The van der Waals surface area contributed by atoms with Crippen LogP contribution in [-0.4, -0.2) is 0 Å². The van der Waals surface area contributed by atoms with E-state index in [1.165, 1.54) is 0 Å². The van der Waals surface area contributed by atoms with Crippen molar-refractivity contribution < 1.29 is 0 Å². The van der Waals surface area contributed by atoms with E-state index in [1.807, 2.05) is 35.7 Å². The molecule has 0 aliphatic carbocycles. The molecule has 0 unspecified atom stereocenters. The molecule has 1 aromatic carbocycles. The molecule has 0 atom stereocenters. The van der Waals surface area contributed by atoms with E-state index < -0.39 is 0 Å². The van der Waals surface area contributed by atoms with Gasteiger partial charge in [-0.1, -0.05) is 29.8 Å². The third-order valence-electron chi connectivity index (χ3n) is 2.16. The summed E-state index contributed by atoms with van der Waals surface area (Å²) in [6, 6.07) is 11.9. The molecule has 1 heterocycles. The summed E-state index contributed by atoms with van der Waals surface area (Å²) in [5.74, 6) is 0. The molecule has 2 aromatic rings. The number of thiophene rings is 1. The number of nitriles is 1. The van der Waals surface area contributed by atoms with Crippen LogP contribution < -0.4 is 0 Å². The largest absolute Gasteiger partial charge is 0.198 e. The Labute approximate surface area is 97.6 Å². The second-order valence-corrected chi connectivity index (χ2v) is 4.43. The third kappa shape index (κ3) is 2.04. The number of hydrogen-bond acceptors (Lipinski definition) is 2. The van der Waals surface area contributed by atoms with Crippen molar-refractivity contribution in [3.8, 4) is 16.5 Å². The highest BCUT2D eigenvalue weighted by Gasteiger charge is 2.08. The quantitative estimate of drug-likeness (QED) is 0.765. The molecule has 0 radical (unpaired) electrons. The zero-order chi connectivity index (χ0) is 10.7. The van der Waals surface area contributed by atoms with Crippen molar-refractivity contribution in [1.29, 1.82) is 5.26 Å². The van der Waals surface area contributed by atoms with Gasteiger partial charge in [-0.05, 0) is 28.6 Å². The Morgan fingerprint density at radius 2 is 2.13 bits per heavy atom. The van der Waals surface area contributed by atoms with Gasteiger partial charge in [0, 0.05) is 9.90 Å². The van der Waals surface area contributed by atoms with E-state index in [9.17, 15) is 0 Å². The second kappa shape index (κ2) is 4.48. The predicted molar refractivity (Wildman–Crippen MR) is 64.1 cm³/mol. The van der Waals surface area contributed by atoms with Gasteiger partial charge < -0.3 is 0 Å². The van der Waals surface area contributed by atoms with E-state index in [-0.39, 0.29) is 0 Å². The van der Waals surface area contributed by atoms with Crippen molar-refractivity contribution in [2.45, 2.75) is 6.42 Å². The number of benzene rings is 1. The Balaban J connectivity index is 2.57. The Bertz CT molecular complexity index is 497. The Kier molecular flexibility index (Phi) is 3.05. The van der Waals surface area contributed by atoms with Crippen LogP contribution in [0.5, 0.6) is 0 Å². The smallest absolute Gasteiger partial charge is 0.0670 e. The van der Waals surface area contributed by atoms with Gasteiger partial charge in [-0.2, -0.15) is 5.26 Å². The first-order valence-electron chi connectivity index (χ1n) is 4.51. The van der Waals surface area contributed by atoms with Crippen molar-refractivity contribution in [3.05, 3.63) is 46.3 Å². The number of nitrogens with zero attached hydrogens (tertiary/aromatic N) is 1. The van der Waals surface area contributed by atoms with Crippen LogP contribution in [0.2, 0.25) is 5.02 Å². The first-order chi connectivity index (χ1) is 7.33. The molecule has 0 bridgehead atoms. The highest BCUT2D eigenvalue weighted by Crippen LogP contribution is 2.32. The summed E-state index contributed by atoms with van der Waals surface area (Å²) >= 11 is 7.74. The number of rotatable bonds is 2. The summed E-state index contributed by atoms with van der Waals surface area (Å²) < 4.78 is 0. The van der Waals surface area contributed by atoms with Crippen molar-refractivity contribution in [2.24, 2.45) is 0 Å². The Hall–Kier alpha value is -1.30. The molecule has 3 heteroatoms. The molecule has 0 amide bonds. The first-order valence-corrected chi connectivity index (χ1v) is 5.77. The molecular formula is C12H8ClNS. The highest BCUT2D eigenvalue weighted by atomic mass is 35.5. The fourth-order valence-electron chi connectivity index (χ4n) is 1.48. The van der Waals surface area contributed by atoms with Gasteiger partial charge in [0.25, 0.3) is 0 Å². The number of halogens is 1. The summed E-state index contributed by atoms with van der Waals surface area (Å²) in [5, 5.41) is 11.5. The third-order valence-corrected chi connectivity index (χ3v) is 3.42. The van der Waals surface area contributed by atoms with Crippen LogP contribution in [0.3, 0.4) is 0 Å². The van der Waals surface area contributed by atoms with Gasteiger partial charge in [0.05, 0.1) is 12.5 Å². The van der Waals surface area contributed by atoms with Gasteiger partial charge in [-0.3, -0.25) is 0 Å². The molecule has 0 spiro atoms. The summed E-state index contributed by atoms with van der Waals surface area (Å²) in [6.45, 7) is 0. The van der Waals surface area contributed by atoms with Gasteiger partial charge in [-0.25, -0.2) is 0 Å². The van der Waals surface area contributed by atoms with Crippen LogP contribution >= 0.6 is 22.9 Å². The average Bonchev–Trinajstić information content (AvgIpc) is 2.74. The molecule has 15 heavy (non-hydrogen) atoms. The minimum absolute atomic E-state index is 0.354. The molecular weight excluding hydrogens is 226 g/mol. The zero-order valence-corrected chi connectivity index (χ0v) is 9.48. The Morgan fingerprint density at radius 1 is 1.27 bits per heavy atom. The summed E-state index contributed by atoms with van der Waals surface area (Å²) in [5.41, 5.74) is 1.99. The van der Waals surface area contributed by atoms with E-state index in [0.717, 1.165) is 16.0 Å². The van der Waals surface area contributed by atoms with E-state index >= 15 is 0 Å². The summed E-state index contributed by atoms with van der Waals surface area (Å²) in [6.07, 6.45) is 0.354. The molecule has 0 fully saturated rings. The maximum Gasteiger partial charge on any atom is 0.0670 e. The molecule has 2 rings (SSSR count). The maximum atomic E-state index is 8.76. The number of hydrogen-bond donors (Lipinski definition) is 0. The SMILES string of the molecule is N#CCc1c(Cl)cccc1-c1cccs1. The zero-order valence-electron chi connectivity index (χ0n) is 7.90. The summed E-state index contributed by atoms with van der Waals surface area (Å²) in [4.78, 5) is 1.16. The van der Waals surface area contributed by atoms with Crippen molar-refractivity contribution in [1.82, 2.24) is 0 Å². The first kappa shape index (κ1) is 10.2. The molecule has 0 saturated heterocycles. The fourth-order valence-corrected chi connectivity index (χ4v) is 2.50. The van der Waals surface area contributed by atoms with Crippen LogP contribution in [0, 0.1) is 11.3 Å². The maximum absolute atomic E-state index is 8.76. The standard InChI is InChI=1S/C12H8ClNS/c13-11-4-1-3-10(9(11)6-7-14)12-5-2-8-15-12/h1-5,8H,6H2. The molecule has 0 N–H and O–H groups in total. The minimum Gasteiger partial charge on any atom is -0.198 e. The van der Waals surface area contributed by atoms with E-state index in [4.69, 9.17) is 16.9 Å². The highest BCUT2D eigenvalue weighted by molar-refractivity contribution is 7.13. The van der Waals surface area contributed by atoms with Crippen molar-refractivity contribution in [3.63, 3.8) is 0 Å². The molecule has 74 valence electrons.